The number of carbonyl (C=O) groups excluding carboxylic acids is 1. The van der Waals surface area contributed by atoms with Gasteiger partial charge < -0.3 is 19.8 Å². The van der Waals surface area contributed by atoms with Crippen LogP contribution in [-0.4, -0.2) is 63.6 Å². The SMILES string of the molecule is CC(C)N1C(=O)N(C2CCCN(C(=O)O)C2)CC1c1ccccc1. The van der Waals surface area contributed by atoms with E-state index in [2.05, 4.69) is 12.1 Å². The fourth-order valence-corrected chi connectivity index (χ4v) is 3.84. The lowest BCUT2D eigenvalue weighted by Crippen LogP contribution is -2.51. The third-order valence-electron chi connectivity index (χ3n) is 5.02. The molecule has 1 aromatic rings. The van der Waals surface area contributed by atoms with Gasteiger partial charge in [-0.05, 0) is 32.3 Å². The highest BCUT2D eigenvalue weighted by Gasteiger charge is 2.43. The molecule has 3 amide bonds. The van der Waals surface area contributed by atoms with Crippen LogP contribution in [0, 0.1) is 0 Å². The van der Waals surface area contributed by atoms with E-state index in [-0.39, 0.29) is 24.2 Å². The van der Waals surface area contributed by atoms with Gasteiger partial charge in [-0.15, -0.1) is 0 Å². The largest absolute Gasteiger partial charge is 0.465 e. The Morgan fingerprint density at radius 2 is 1.92 bits per heavy atom. The van der Waals surface area contributed by atoms with Crippen LogP contribution in [0.5, 0.6) is 0 Å². The number of amides is 3. The molecule has 2 heterocycles. The summed E-state index contributed by atoms with van der Waals surface area (Å²) in [4.78, 5) is 29.5. The summed E-state index contributed by atoms with van der Waals surface area (Å²) in [6, 6.07) is 10.2. The number of benzene rings is 1. The molecule has 2 aliphatic rings. The van der Waals surface area contributed by atoms with E-state index in [1.165, 1.54) is 4.90 Å². The Morgan fingerprint density at radius 1 is 1.21 bits per heavy atom. The maximum absolute atomic E-state index is 13.0. The summed E-state index contributed by atoms with van der Waals surface area (Å²) in [6.07, 6.45) is 0.771. The number of urea groups is 1. The third-order valence-corrected chi connectivity index (χ3v) is 5.02. The highest BCUT2D eigenvalue weighted by Crippen LogP contribution is 2.34. The second-order valence-electron chi connectivity index (χ2n) is 6.89. The molecule has 24 heavy (non-hydrogen) atoms. The molecule has 0 bridgehead atoms. The Balaban J connectivity index is 1.82. The zero-order valence-electron chi connectivity index (χ0n) is 14.3. The van der Waals surface area contributed by atoms with E-state index < -0.39 is 6.09 Å². The molecule has 130 valence electrons. The minimum absolute atomic E-state index is 0.0242. The number of rotatable bonds is 3. The van der Waals surface area contributed by atoms with E-state index in [0.717, 1.165) is 18.4 Å². The van der Waals surface area contributed by atoms with Gasteiger partial charge in [0, 0.05) is 25.7 Å². The molecule has 1 aromatic carbocycles. The van der Waals surface area contributed by atoms with Gasteiger partial charge in [-0.2, -0.15) is 0 Å². The Morgan fingerprint density at radius 3 is 2.54 bits per heavy atom. The summed E-state index contributed by atoms with van der Waals surface area (Å²) < 4.78 is 0. The summed E-state index contributed by atoms with van der Waals surface area (Å²) in [5, 5.41) is 9.25. The highest BCUT2D eigenvalue weighted by molar-refractivity contribution is 5.78. The van der Waals surface area contributed by atoms with Gasteiger partial charge in [0.15, 0.2) is 0 Å². The molecule has 1 N–H and O–H groups in total. The van der Waals surface area contributed by atoms with E-state index in [1.54, 1.807) is 0 Å². The van der Waals surface area contributed by atoms with E-state index in [9.17, 15) is 14.7 Å². The van der Waals surface area contributed by atoms with Crippen molar-refractivity contribution >= 4 is 12.1 Å². The Labute approximate surface area is 142 Å². The van der Waals surface area contributed by atoms with E-state index in [0.29, 0.717) is 19.6 Å². The van der Waals surface area contributed by atoms with E-state index >= 15 is 0 Å². The van der Waals surface area contributed by atoms with Crippen molar-refractivity contribution in [1.82, 2.24) is 14.7 Å². The van der Waals surface area contributed by atoms with Crippen LogP contribution in [0.15, 0.2) is 30.3 Å². The molecule has 0 aliphatic carbocycles. The van der Waals surface area contributed by atoms with Crippen molar-refractivity contribution in [3.05, 3.63) is 35.9 Å². The van der Waals surface area contributed by atoms with Gasteiger partial charge in [0.1, 0.15) is 0 Å². The molecule has 6 heteroatoms. The first-order chi connectivity index (χ1) is 11.5. The van der Waals surface area contributed by atoms with Crippen LogP contribution in [-0.2, 0) is 0 Å². The summed E-state index contributed by atoms with van der Waals surface area (Å²) >= 11 is 0. The average Bonchev–Trinajstić information content (AvgIpc) is 2.93. The van der Waals surface area contributed by atoms with Crippen LogP contribution in [0.3, 0.4) is 0 Å². The molecular weight excluding hydrogens is 306 g/mol. The number of hydrogen-bond donors (Lipinski definition) is 1. The van der Waals surface area contributed by atoms with Crippen LogP contribution >= 0.6 is 0 Å². The predicted molar refractivity (Wildman–Crippen MR) is 90.9 cm³/mol. The molecule has 2 aliphatic heterocycles. The lowest BCUT2D eigenvalue weighted by atomic mass is 10.0. The van der Waals surface area contributed by atoms with E-state index in [1.807, 2.05) is 41.8 Å². The summed E-state index contributed by atoms with van der Waals surface area (Å²) in [7, 11) is 0. The zero-order chi connectivity index (χ0) is 17.3. The lowest BCUT2D eigenvalue weighted by molar-refractivity contribution is 0.100. The van der Waals surface area contributed by atoms with Gasteiger partial charge >= 0.3 is 12.1 Å². The van der Waals surface area contributed by atoms with Crippen molar-refractivity contribution in [2.45, 2.75) is 44.8 Å². The maximum atomic E-state index is 13.0. The van der Waals surface area contributed by atoms with Crippen molar-refractivity contribution in [3.8, 4) is 0 Å². The zero-order valence-corrected chi connectivity index (χ0v) is 14.3. The van der Waals surface area contributed by atoms with Gasteiger partial charge in [-0.1, -0.05) is 30.3 Å². The van der Waals surface area contributed by atoms with Gasteiger partial charge in [0.25, 0.3) is 0 Å². The minimum atomic E-state index is -0.897. The molecular formula is C18H25N3O3. The fraction of sp³-hybridized carbons (Fsp3) is 0.556. The number of carboxylic acid groups (broad SMARTS) is 1. The average molecular weight is 331 g/mol. The topological polar surface area (TPSA) is 64.1 Å². The molecule has 2 atom stereocenters. The van der Waals surface area contributed by atoms with Crippen LogP contribution in [0.2, 0.25) is 0 Å². The normalized spacial score (nSPS) is 24.8. The number of carbonyl (C=O) groups is 2. The van der Waals surface area contributed by atoms with Crippen molar-refractivity contribution in [3.63, 3.8) is 0 Å². The van der Waals surface area contributed by atoms with Crippen molar-refractivity contribution in [2.75, 3.05) is 19.6 Å². The molecule has 2 saturated heterocycles. The number of nitrogens with zero attached hydrogens (tertiary/aromatic N) is 3. The smallest absolute Gasteiger partial charge is 0.407 e. The Kier molecular flexibility index (Phi) is 4.64. The van der Waals surface area contributed by atoms with Gasteiger partial charge in [-0.25, -0.2) is 9.59 Å². The van der Waals surface area contributed by atoms with Crippen LogP contribution in [0.1, 0.15) is 38.3 Å². The Hall–Kier alpha value is -2.24. The molecule has 2 fully saturated rings. The fourth-order valence-electron chi connectivity index (χ4n) is 3.84. The molecule has 0 radical (unpaired) electrons. The van der Waals surface area contributed by atoms with Crippen molar-refractivity contribution < 1.29 is 14.7 Å². The quantitative estimate of drug-likeness (QED) is 0.926. The molecule has 2 unspecified atom stereocenters. The van der Waals surface area contributed by atoms with E-state index in [4.69, 9.17) is 0 Å². The first-order valence-electron chi connectivity index (χ1n) is 8.60. The summed E-state index contributed by atoms with van der Waals surface area (Å²) in [6.45, 7) is 5.65. The molecule has 6 nitrogen and oxygen atoms in total. The maximum Gasteiger partial charge on any atom is 0.407 e. The number of piperidine rings is 1. The first kappa shape index (κ1) is 16.6. The van der Waals surface area contributed by atoms with Crippen LogP contribution < -0.4 is 0 Å². The predicted octanol–water partition coefficient (Wildman–Crippen LogP) is 3.02. The lowest BCUT2D eigenvalue weighted by Gasteiger charge is -2.36. The summed E-state index contributed by atoms with van der Waals surface area (Å²) in [5.41, 5.74) is 1.13. The molecule has 0 saturated carbocycles. The standard InChI is InChI=1S/C18H25N3O3/c1-13(2)21-16(14-7-4-3-5-8-14)12-20(17(21)22)15-9-6-10-19(11-15)18(23)24/h3-5,7-8,13,15-16H,6,9-12H2,1-2H3,(H,23,24). The van der Waals surface area contributed by atoms with Gasteiger partial charge in [0.2, 0.25) is 0 Å². The minimum Gasteiger partial charge on any atom is -0.465 e. The molecule has 0 spiro atoms. The summed E-state index contributed by atoms with van der Waals surface area (Å²) in [5.74, 6) is 0. The second kappa shape index (κ2) is 6.71. The third kappa shape index (κ3) is 3.05. The molecule has 3 rings (SSSR count). The Bertz CT molecular complexity index is 605. The number of likely N-dealkylation sites (tertiary alicyclic amines) is 1. The van der Waals surface area contributed by atoms with Crippen molar-refractivity contribution in [1.29, 1.82) is 0 Å². The van der Waals surface area contributed by atoms with Crippen molar-refractivity contribution in [2.24, 2.45) is 0 Å². The van der Waals surface area contributed by atoms with Gasteiger partial charge in [0.05, 0.1) is 12.1 Å². The monoisotopic (exact) mass is 331 g/mol. The van der Waals surface area contributed by atoms with Gasteiger partial charge in [-0.3, -0.25) is 0 Å². The van der Waals surface area contributed by atoms with Crippen LogP contribution in [0.4, 0.5) is 9.59 Å². The second-order valence-corrected chi connectivity index (χ2v) is 6.89. The molecule has 0 aromatic heterocycles. The van der Waals surface area contributed by atoms with Crippen LogP contribution in [0.25, 0.3) is 0 Å². The first-order valence-corrected chi connectivity index (χ1v) is 8.60. The number of hydrogen-bond acceptors (Lipinski definition) is 2. The highest BCUT2D eigenvalue weighted by atomic mass is 16.4.